The number of hydrogen-bond donors (Lipinski definition) is 2. The maximum absolute atomic E-state index is 13.5. The summed E-state index contributed by atoms with van der Waals surface area (Å²) in [7, 11) is -4.03. The first kappa shape index (κ1) is 21.2. The van der Waals surface area contributed by atoms with Gasteiger partial charge in [0.1, 0.15) is 16.3 Å². The van der Waals surface area contributed by atoms with Gasteiger partial charge < -0.3 is 19.9 Å². The number of carbonyl (C=O) groups excluding carboxylic acids is 2. The number of amides is 2. The normalized spacial score (nSPS) is 18.4. The molecule has 0 radical (unpaired) electrons. The zero-order chi connectivity index (χ0) is 22.0. The van der Waals surface area contributed by atoms with Gasteiger partial charge in [0.2, 0.25) is 0 Å². The van der Waals surface area contributed by atoms with E-state index in [9.17, 15) is 18.0 Å². The third kappa shape index (κ3) is 4.12. The van der Waals surface area contributed by atoms with Crippen LogP contribution in [0.5, 0.6) is 5.75 Å². The number of aromatic amines is 1. The Morgan fingerprint density at radius 3 is 2.71 bits per heavy atom. The van der Waals surface area contributed by atoms with Gasteiger partial charge in [-0.1, -0.05) is 19.1 Å². The number of carbonyl (C=O) groups is 2. The van der Waals surface area contributed by atoms with Crippen molar-refractivity contribution in [1.82, 2.24) is 15.2 Å². The van der Waals surface area contributed by atoms with Crippen LogP contribution >= 0.6 is 0 Å². The van der Waals surface area contributed by atoms with Crippen molar-refractivity contribution in [2.75, 3.05) is 30.5 Å². The molecule has 31 heavy (non-hydrogen) atoms. The van der Waals surface area contributed by atoms with E-state index >= 15 is 0 Å². The first-order valence-corrected chi connectivity index (χ1v) is 11.9. The highest BCUT2D eigenvalue weighted by Crippen LogP contribution is 2.37. The molecule has 3 heterocycles. The van der Waals surface area contributed by atoms with E-state index in [1.54, 1.807) is 29.2 Å². The third-order valence-corrected chi connectivity index (χ3v) is 7.20. The highest BCUT2D eigenvalue weighted by atomic mass is 32.2. The molecule has 0 unspecified atom stereocenters. The Morgan fingerprint density at radius 1 is 1.23 bits per heavy atom. The summed E-state index contributed by atoms with van der Waals surface area (Å²) in [4.78, 5) is 29.6. The molecule has 1 fully saturated rings. The molecular weight excluding hydrogens is 420 g/mol. The van der Waals surface area contributed by atoms with Crippen molar-refractivity contribution in [3.63, 3.8) is 0 Å². The van der Waals surface area contributed by atoms with Crippen LogP contribution in [0.3, 0.4) is 0 Å². The van der Waals surface area contributed by atoms with E-state index in [0.29, 0.717) is 31.1 Å². The van der Waals surface area contributed by atoms with Gasteiger partial charge in [0.15, 0.2) is 6.10 Å². The van der Waals surface area contributed by atoms with Gasteiger partial charge in [-0.3, -0.25) is 13.9 Å². The van der Waals surface area contributed by atoms with Crippen LogP contribution in [0, 0.1) is 0 Å². The SMILES string of the molecule is CCCNC(=O)[C@H]1CN(S(=O)(=O)c2c[nH]c(C(=O)N3CCCC3)c2)c2ccccc2O1. The van der Waals surface area contributed by atoms with Crippen molar-refractivity contribution >= 4 is 27.5 Å². The van der Waals surface area contributed by atoms with Crippen molar-refractivity contribution < 1.29 is 22.7 Å². The van der Waals surface area contributed by atoms with E-state index in [2.05, 4.69) is 10.3 Å². The largest absolute Gasteiger partial charge is 0.476 e. The summed E-state index contributed by atoms with van der Waals surface area (Å²) >= 11 is 0. The van der Waals surface area contributed by atoms with Crippen LogP contribution in [0.4, 0.5) is 5.69 Å². The lowest BCUT2D eigenvalue weighted by atomic mass is 10.2. The molecular formula is C21H26N4O5S. The lowest BCUT2D eigenvalue weighted by molar-refractivity contribution is -0.127. The number of H-pyrrole nitrogens is 1. The van der Waals surface area contributed by atoms with E-state index in [-0.39, 0.29) is 28.9 Å². The number of nitrogens with one attached hydrogen (secondary N) is 2. The summed E-state index contributed by atoms with van der Waals surface area (Å²) in [5.74, 6) is -0.258. The second-order valence-corrected chi connectivity index (χ2v) is 9.51. The Balaban J connectivity index is 1.63. The Bertz CT molecular complexity index is 1070. The molecule has 2 aromatic rings. The van der Waals surface area contributed by atoms with Crippen LogP contribution in [0.15, 0.2) is 41.4 Å². The lowest BCUT2D eigenvalue weighted by Crippen LogP contribution is -2.50. The maximum Gasteiger partial charge on any atom is 0.270 e. The average molecular weight is 447 g/mol. The zero-order valence-corrected chi connectivity index (χ0v) is 18.2. The molecule has 1 atom stereocenters. The van der Waals surface area contributed by atoms with Crippen LogP contribution in [0.2, 0.25) is 0 Å². The van der Waals surface area contributed by atoms with Crippen molar-refractivity contribution in [3.8, 4) is 5.75 Å². The molecule has 9 nitrogen and oxygen atoms in total. The predicted octanol–water partition coefficient (Wildman–Crippen LogP) is 1.73. The molecule has 2 aliphatic rings. The average Bonchev–Trinajstić information content (AvgIpc) is 3.49. The molecule has 0 aliphatic carbocycles. The monoisotopic (exact) mass is 446 g/mol. The number of nitrogens with zero attached hydrogens (tertiary/aromatic N) is 2. The molecule has 1 aromatic carbocycles. The molecule has 1 saturated heterocycles. The van der Waals surface area contributed by atoms with Crippen molar-refractivity contribution in [3.05, 3.63) is 42.2 Å². The van der Waals surface area contributed by atoms with Crippen molar-refractivity contribution in [2.24, 2.45) is 0 Å². The molecule has 2 aliphatic heterocycles. The highest BCUT2D eigenvalue weighted by Gasteiger charge is 2.38. The van der Waals surface area contributed by atoms with E-state index < -0.39 is 16.1 Å². The van der Waals surface area contributed by atoms with E-state index in [1.807, 2.05) is 6.92 Å². The summed E-state index contributed by atoms with van der Waals surface area (Å²) in [6.45, 7) is 3.60. The number of sulfonamides is 1. The number of likely N-dealkylation sites (tertiary alicyclic amines) is 1. The van der Waals surface area contributed by atoms with Crippen LogP contribution < -0.4 is 14.4 Å². The van der Waals surface area contributed by atoms with Gasteiger partial charge >= 0.3 is 0 Å². The van der Waals surface area contributed by atoms with E-state index in [1.165, 1.54) is 16.6 Å². The number of aromatic nitrogens is 1. The topological polar surface area (TPSA) is 112 Å². The summed E-state index contributed by atoms with van der Waals surface area (Å²) < 4.78 is 33.9. The first-order chi connectivity index (χ1) is 14.9. The fraction of sp³-hybridized carbons (Fsp3) is 0.429. The smallest absolute Gasteiger partial charge is 0.270 e. The quantitative estimate of drug-likeness (QED) is 0.702. The summed E-state index contributed by atoms with van der Waals surface area (Å²) in [5.41, 5.74) is 0.593. The third-order valence-electron chi connectivity index (χ3n) is 5.44. The molecule has 0 saturated carbocycles. The minimum absolute atomic E-state index is 0.0283. The number of ether oxygens (including phenoxy) is 1. The van der Waals surface area contributed by atoms with Gasteiger partial charge in [-0.2, -0.15) is 0 Å². The van der Waals surface area contributed by atoms with Crippen LogP contribution in [-0.2, 0) is 14.8 Å². The van der Waals surface area contributed by atoms with E-state index in [4.69, 9.17) is 4.74 Å². The first-order valence-electron chi connectivity index (χ1n) is 10.5. The standard InChI is InChI=1S/C21H26N4O5S/c1-2-9-22-20(26)19-14-25(17-7-3-4-8-18(17)30-19)31(28,29)15-12-16(23-13-15)21(27)24-10-5-6-11-24/h3-4,7-8,12-13,19,23H,2,5-6,9-11,14H2,1H3,(H,22,26)/t19-/m1/s1. The number of anilines is 1. The summed E-state index contributed by atoms with van der Waals surface area (Å²) in [6.07, 6.45) is 3.01. The second-order valence-electron chi connectivity index (χ2n) is 7.65. The fourth-order valence-electron chi connectivity index (χ4n) is 3.79. The molecule has 10 heteroatoms. The van der Waals surface area contributed by atoms with Gasteiger partial charge in [0.25, 0.3) is 21.8 Å². The molecule has 166 valence electrons. The number of rotatable bonds is 6. The lowest BCUT2D eigenvalue weighted by Gasteiger charge is -2.34. The van der Waals surface area contributed by atoms with E-state index in [0.717, 1.165) is 19.3 Å². The number of para-hydroxylation sites is 2. The minimum Gasteiger partial charge on any atom is -0.476 e. The predicted molar refractivity (Wildman–Crippen MR) is 115 cm³/mol. The van der Waals surface area contributed by atoms with Crippen molar-refractivity contribution in [1.29, 1.82) is 0 Å². The fourth-order valence-corrected chi connectivity index (χ4v) is 5.26. The number of fused-ring (bicyclic) bond motifs is 1. The number of benzene rings is 1. The Labute approximate surface area is 181 Å². The van der Waals surface area contributed by atoms with Crippen LogP contribution in [0.25, 0.3) is 0 Å². The number of hydrogen-bond acceptors (Lipinski definition) is 5. The van der Waals surface area contributed by atoms with Crippen LogP contribution in [-0.4, -0.2) is 62.4 Å². The second kappa shape index (κ2) is 8.62. The Kier molecular flexibility index (Phi) is 5.90. The minimum atomic E-state index is -4.03. The highest BCUT2D eigenvalue weighted by molar-refractivity contribution is 7.92. The van der Waals surface area contributed by atoms with Gasteiger partial charge in [-0.05, 0) is 37.5 Å². The molecule has 4 rings (SSSR count). The van der Waals surface area contributed by atoms with Gasteiger partial charge in [-0.25, -0.2) is 8.42 Å². The Morgan fingerprint density at radius 2 is 1.97 bits per heavy atom. The molecule has 1 aromatic heterocycles. The summed E-state index contributed by atoms with van der Waals surface area (Å²) in [6, 6.07) is 8.06. The summed E-state index contributed by atoms with van der Waals surface area (Å²) in [5, 5.41) is 2.75. The van der Waals surface area contributed by atoms with Gasteiger partial charge in [0, 0.05) is 25.8 Å². The van der Waals surface area contributed by atoms with Crippen LogP contribution in [0.1, 0.15) is 36.7 Å². The molecule has 0 spiro atoms. The van der Waals surface area contributed by atoms with Gasteiger partial charge in [-0.15, -0.1) is 0 Å². The maximum atomic E-state index is 13.5. The molecule has 0 bridgehead atoms. The zero-order valence-electron chi connectivity index (χ0n) is 17.3. The molecule has 2 N–H and O–H groups in total. The molecule has 2 amide bonds. The van der Waals surface area contributed by atoms with Crippen molar-refractivity contribution in [2.45, 2.75) is 37.2 Å². The van der Waals surface area contributed by atoms with Gasteiger partial charge in [0.05, 0.1) is 12.2 Å². The Hall–Kier alpha value is -3.01.